The Morgan fingerprint density at radius 3 is 2.87 bits per heavy atom. The molecule has 1 aromatic carbocycles. The lowest BCUT2D eigenvalue weighted by Crippen LogP contribution is -2.33. The molecule has 0 atom stereocenters. The summed E-state index contributed by atoms with van der Waals surface area (Å²) in [4.78, 5) is 23.3. The molecule has 2 N–H and O–H groups in total. The zero-order chi connectivity index (χ0) is 20.7. The molecule has 0 radical (unpaired) electrons. The van der Waals surface area contributed by atoms with E-state index in [9.17, 15) is 9.90 Å². The van der Waals surface area contributed by atoms with Crippen LogP contribution >= 0.6 is 0 Å². The van der Waals surface area contributed by atoms with Gasteiger partial charge in [0.25, 0.3) is 0 Å². The van der Waals surface area contributed by atoms with E-state index < -0.39 is 11.4 Å². The van der Waals surface area contributed by atoms with Crippen LogP contribution in [0.5, 0.6) is 0 Å². The van der Waals surface area contributed by atoms with Crippen molar-refractivity contribution in [2.45, 2.75) is 45.2 Å². The van der Waals surface area contributed by atoms with Crippen LogP contribution in [0, 0.1) is 5.41 Å². The van der Waals surface area contributed by atoms with E-state index in [1.54, 1.807) is 17.1 Å². The van der Waals surface area contributed by atoms with Gasteiger partial charge in [-0.25, -0.2) is 9.67 Å². The van der Waals surface area contributed by atoms with Crippen LogP contribution in [0.3, 0.4) is 0 Å². The van der Waals surface area contributed by atoms with Crippen LogP contribution in [-0.4, -0.2) is 49.3 Å². The van der Waals surface area contributed by atoms with Crippen LogP contribution in [-0.2, 0) is 24.3 Å². The summed E-state index contributed by atoms with van der Waals surface area (Å²) in [5, 5.41) is 18.3. The van der Waals surface area contributed by atoms with E-state index in [4.69, 9.17) is 0 Å². The number of nitrogens with zero attached hydrogens (tertiary/aromatic N) is 5. The van der Waals surface area contributed by atoms with Gasteiger partial charge in [0, 0.05) is 25.0 Å². The molecule has 1 aliphatic heterocycles. The topological polar surface area (TPSA) is 96.2 Å². The number of anilines is 2. The van der Waals surface area contributed by atoms with Crippen molar-refractivity contribution < 1.29 is 9.90 Å². The van der Waals surface area contributed by atoms with Gasteiger partial charge in [0.1, 0.15) is 0 Å². The molecule has 5 rings (SSSR count). The Hall–Kier alpha value is -3.00. The highest BCUT2D eigenvalue weighted by Crippen LogP contribution is 2.40. The van der Waals surface area contributed by atoms with Crippen LogP contribution < -0.4 is 5.32 Å². The number of hydrogen-bond donors (Lipinski definition) is 2. The Kier molecular flexibility index (Phi) is 4.66. The maximum absolute atomic E-state index is 11.9. The first kappa shape index (κ1) is 19.0. The summed E-state index contributed by atoms with van der Waals surface area (Å²) in [7, 11) is 2.13. The number of benzene rings is 1. The summed E-state index contributed by atoms with van der Waals surface area (Å²) in [5.41, 5.74) is 3.58. The SMILES string of the molecule is CN1CCc2ccc(Nc3ncc4cnn(CC5(C(=O)O)CCCC5)c4n3)cc2C1. The van der Waals surface area contributed by atoms with Gasteiger partial charge >= 0.3 is 5.97 Å². The molecule has 3 heterocycles. The van der Waals surface area contributed by atoms with Gasteiger partial charge in [-0.15, -0.1) is 0 Å². The fraction of sp³-hybridized carbons (Fsp3) is 0.455. The minimum atomic E-state index is -0.748. The second-order valence-electron chi connectivity index (χ2n) is 8.66. The first-order valence-corrected chi connectivity index (χ1v) is 10.5. The zero-order valence-electron chi connectivity index (χ0n) is 17.1. The van der Waals surface area contributed by atoms with E-state index >= 15 is 0 Å². The smallest absolute Gasteiger partial charge is 0.311 e. The van der Waals surface area contributed by atoms with E-state index in [-0.39, 0.29) is 0 Å². The van der Waals surface area contributed by atoms with Crippen molar-refractivity contribution in [3.05, 3.63) is 41.7 Å². The van der Waals surface area contributed by atoms with Crippen LogP contribution in [0.1, 0.15) is 36.8 Å². The van der Waals surface area contributed by atoms with Gasteiger partial charge in [-0.05, 0) is 49.6 Å². The molecule has 0 spiro atoms. The molecule has 1 fully saturated rings. The second kappa shape index (κ2) is 7.36. The van der Waals surface area contributed by atoms with Crippen molar-refractivity contribution in [3.63, 3.8) is 0 Å². The third-order valence-corrected chi connectivity index (χ3v) is 6.51. The van der Waals surface area contributed by atoms with E-state index in [0.717, 1.165) is 43.4 Å². The van der Waals surface area contributed by atoms with Gasteiger partial charge < -0.3 is 15.3 Å². The number of nitrogens with one attached hydrogen (secondary N) is 1. The number of fused-ring (bicyclic) bond motifs is 2. The lowest BCUT2D eigenvalue weighted by molar-refractivity contribution is -0.149. The molecule has 0 saturated heterocycles. The minimum absolute atomic E-state index is 0.341. The number of aromatic nitrogens is 4. The van der Waals surface area contributed by atoms with E-state index in [0.29, 0.717) is 31.0 Å². The van der Waals surface area contributed by atoms with Gasteiger partial charge in [0.2, 0.25) is 5.95 Å². The Balaban J connectivity index is 1.42. The molecular weight excluding hydrogens is 380 g/mol. The maximum atomic E-state index is 11.9. The largest absolute Gasteiger partial charge is 0.481 e. The van der Waals surface area contributed by atoms with Gasteiger partial charge in [-0.2, -0.15) is 10.1 Å². The quantitative estimate of drug-likeness (QED) is 0.672. The molecule has 1 saturated carbocycles. The average Bonchev–Trinajstić information content (AvgIpc) is 3.36. The molecule has 0 unspecified atom stereocenters. The summed E-state index contributed by atoms with van der Waals surface area (Å²) >= 11 is 0. The van der Waals surface area contributed by atoms with Gasteiger partial charge in [-0.1, -0.05) is 18.9 Å². The van der Waals surface area contributed by atoms with Gasteiger partial charge in [-0.3, -0.25) is 4.79 Å². The third-order valence-electron chi connectivity index (χ3n) is 6.51. The third kappa shape index (κ3) is 3.41. The van der Waals surface area contributed by atoms with Crippen molar-refractivity contribution in [2.75, 3.05) is 18.9 Å². The number of carbonyl (C=O) groups is 1. The predicted octanol–water partition coefficient (Wildman–Crippen LogP) is 3.20. The number of hydrogen-bond acceptors (Lipinski definition) is 6. The number of rotatable bonds is 5. The van der Waals surface area contributed by atoms with Crippen LogP contribution in [0.2, 0.25) is 0 Å². The van der Waals surface area contributed by atoms with Gasteiger partial charge in [0.15, 0.2) is 5.65 Å². The molecule has 3 aromatic rings. The number of carboxylic acids is 1. The standard InChI is InChI=1S/C22H26N6O2/c1-27-9-6-15-4-5-18(10-16(15)13-27)25-21-23-11-17-12-24-28(19(17)26-21)14-22(20(29)30)7-2-3-8-22/h4-5,10-12H,2-3,6-9,13-14H2,1H3,(H,29,30)(H,23,25,26). The first-order chi connectivity index (χ1) is 14.5. The van der Waals surface area contributed by atoms with Gasteiger partial charge in [0.05, 0.1) is 23.5 Å². The molecule has 0 amide bonds. The molecule has 2 aliphatic rings. The highest BCUT2D eigenvalue weighted by Gasteiger charge is 2.42. The molecule has 1 aliphatic carbocycles. The molecule has 8 nitrogen and oxygen atoms in total. The van der Waals surface area contributed by atoms with Crippen molar-refractivity contribution in [1.29, 1.82) is 0 Å². The molecule has 8 heteroatoms. The van der Waals surface area contributed by atoms with Crippen molar-refractivity contribution in [1.82, 2.24) is 24.6 Å². The van der Waals surface area contributed by atoms with Crippen molar-refractivity contribution in [2.24, 2.45) is 5.41 Å². The summed E-state index contributed by atoms with van der Waals surface area (Å²) in [5.74, 6) is -0.251. The fourth-order valence-corrected chi connectivity index (χ4v) is 4.73. The highest BCUT2D eigenvalue weighted by molar-refractivity contribution is 5.77. The Bertz CT molecular complexity index is 1100. The van der Waals surface area contributed by atoms with E-state index in [1.807, 2.05) is 0 Å². The zero-order valence-corrected chi connectivity index (χ0v) is 17.1. The lowest BCUT2D eigenvalue weighted by atomic mass is 9.86. The lowest BCUT2D eigenvalue weighted by Gasteiger charge is -2.25. The number of likely N-dealkylation sites (N-methyl/N-ethyl adjacent to an activating group) is 1. The van der Waals surface area contributed by atoms with Crippen molar-refractivity contribution in [3.8, 4) is 0 Å². The molecular formula is C22H26N6O2. The normalized spacial score (nSPS) is 18.4. The van der Waals surface area contributed by atoms with E-state index in [1.165, 1.54) is 11.1 Å². The maximum Gasteiger partial charge on any atom is 0.311 e. The van der Waals surface area contributed by atoms with E-state index in [2.05, 4.69) is 50.5 Å². The highest BCUT2D eigenvalue weighted by atomic mass is 16.4. The van der Waals surface area contributed by atoms with Crippen molar-refractivity contribution >= 4 is 28.6 Å². The van der Waals surface area contributed by atoms with Crippen LogP contribution in [0.4, 0.5) is 11.6 Å². The summed E-state index contributed by atoms with van der Waals surface area (Å²) in [6, 6.07) is 6.39. The molecule has 30 heavy (non-hydrogen) atoms. The molecule has 156 valence electrons. The Labute approximate surface area is 174 Å². The average molecular weight is 406 g/mol. The molecule has 2 aromatic heterocycles. The number of aliphatic carboxylic acids is 1. The minimum Gasteiger partial charge on any atom is -0.481 e. The summed E-state index contributed by atoms with van der Waals surface area (Å²) in [6.07, 6.45) is 7.77. The van der Waals surface area contributed by atoms with Crippen LogP contribution in [0.15, 0.2) is 30.6 Å². The number of carboxylic acid groups (broad SMARTS) is 1. The van der Waals surface area contributed by atoms with Crippen LogP contribution in [0.25, 0.3) is 11.0 Å². The monoisotopic (exact) mass is 406 g/mol. The Morgan fingerprint density at radius 2 is 2.07 bits per heavy atom. The Morgan fingerprint density at radius 1 is 1.23 bits per heavy atom. The first-order valence-electron chi connectivity index (χ1n) is 10.5. The molecule has 0 bridgehead atoms. The predicted molar refractivity (Wildman–Crippen MR) is 114 cm³/mol. The fourth-order valence-electron chi connectivity index (χ4n) is 4.73. The summed E-state index contributed by atoms with van der Waals surface area (Å²) < 4.78 is 1.73. The second-order valence-corrected chi connectivity index (χ2v) is 8.66. The summed E-state index contributed by atoms with van der Waals surface area (Å²) in [6.45, 7) is 2.36.